The molecule has 5 nitrogen and oxygen atoms in total. The highest BCUT2D eigenvalue weighted by atomic mass is 16.6. The number of nitro groups is 1. The highest BCUT2D eigenvalue weighted by Gasteiger charge is 2.22. The van der Waals surface area contributed by atoms with Gasteiger partial charge in [-0.05, 0) is 33.3 Å². The molecule has 1 aromatic heterocycles. The summed E-state index contributed by atoms with van der Waals surface area (Å²) in [4.78, 5) is 14.7. The van der Waals surface area contributed by atoms with Crippen molar-refractivity contribution in [2.75, 3.05) is 5.32 Å². The van der Waals surface area contributed by atoms with Gasteiger partial charge in [-0.1, -0.05) is 13.3 Å². The van der Waals surface area contributed by atoms with Crippen LogP contribution in [0.3, 0.4) is 0 Å². The highest BCUT2D eigenvalue weighted by molar-refractivity contribution is 5.57. The van der Waals surface area contributed by atoms with Crippen molar-refractivity contribution in [1.29, 1.82) is 0 Å². The third-order valence-electron chi connectivity index (χ3n) is 2.54. The zero-order valence-electron chi connectivity index (χ0n) is 10.8. The number of aryl methyl sites for hydroxylation is 1. The molecule has 0 spiro atoms. The standard InChI is InChI=1S/C12H19N3O2/c1-5-8-12(3,4)14-11-10(15(16)17)7-6-9(2)13-11/h6-7H,5,8H2,1-4H3,(H,13,14). The van der Waals surface area contributed by atoms with Crippen molar-refractivity contribution in [3.05, 3.63) is 27.9 Å². The quantitative estimate of drug-likeness (QED) is 0.630. The Morgan fingerprint density at radius 2 is 2.12 bits per heavy atom. The molecule has 0 atom stereocenters. The minimum atomic E-state index is -0.406. The van der Waals surface area contributed by atoms with Crippen LogP contribution in [0.25, 0.3) is 0 Å². The Kier molecular flexibility index (Phi) is 4.04. The largest absolute Gasteiger partial charge is 0.359 e. The molecule has 0 aliphatic carbocycles. The minimum Gasteiger partial charge on any atom is -0.359 e. The molecule has 0 saturated heterocycles. The van der Waals surface area contributed by atoms with E-state index in [1.165, 1.54) is 6.07 Å². The van der Waals surface area contributed by atoms with E-state index in [1.54, 1.807) is 6.07 Å². The van der Waals surface area contributed by atoms with Gasteiger partial charge in [0.15, 0.2) is 0 Å². The third kappa shape index (κ3) is 3.69. The van der Waals surface area contributed by atoms with Gasteiger partial charge in [0.05, 0.1) is 4.92 Å². The Morgan fingerprint density at radius 1 is 1.47 bits per heavy atom. The zero-order valence-corrected chi connectivity index (χ0v) is 10.8. The van der Waals surface area contributed by atoms with Crippen LogP contribution in [0.15, 0.2) is 12.1 Å². The van der Waals surface area contributed by atoms with E-state index in [-0.39, 0.29) is 11.2 Å². The van der Waals surface area contributed by atoms with Crippen LogP contribution in [-0.4, -0.2) is 15.4 Å². The lowest BCUT2D eigenvalue weighted by Crippen LogP contribution is -2.31. The molecule has 0 bridgehead atoms. The van der Waals surface area contributed by atoms with Crippen molar-refractivity contribution >= 4 is 11.5 Å². The fraction of sp³-hybridized carbons (Fsp3) is 0.583. The molecule has 0 amide bonds. The summed E-state index contributed by atoms with van der Waals surface area (Å²) < 4.78 is 0. The zero-order chi connectivity index (χ0) is 13.1. The summed E-state index contributed by atoms with van der Waals surface area (Å²) in [5.41, 5.74) is 0.602. The van der Waals surface area contributed by atoms with Gasteiger partial charge >= 0.3 is 5.69 Å². The fourth-order valence-corrected chi connectivity index (χ4v) is 1.80. The minimum absolute atomic E-state index is 0.0276. The van der Waals surface area contributed by atoms with E-state index in [0.717, 1.165) is 18.5 Å². The van der Waals surface area contributed by atoms with Crippen LogP contribution in [0.1, 0.15) is 39.3 Å². The first-order valence-electron chi connectivity index (χ1n) is 5.76. The summed E-state index contributed by atoms with van der Waals surface area (Å²) in [6.45, 7) is 7.94. The van der Waals surface area contributed by atoms with Crippen molar-refractivity contribution in [2.45, 2.75) is 46.1 Å². The molecule has 17 heavy (non-hydrogen) atoms. The lowest BCUT2D eigenvalue weighted by atomic mass is 9.99. The third-order valence-corrected chi connectivity index (χ3v) is 2.54. The van der Waals surface area contributed by atoms with Crippen molar-refractivity contribution in [2.24, 2.45) is 0 Å². The van der Waals surface area contributed by atoms with Crippen LogP contribution in [0, 0.1) is 17.0 Å². The SMILES string of the molecule is CCCC(C)(C)Nc1nc(C)ccc1[N+](=O)[O-]. The summed E-state index contributed by atoms with van der Waals surface area (Å²) >= 11 is 0. The molecular weight excluding hydrogens is 218 g/mol. The van der Waals surface area contributed by atoms with E-state index in [1.807, 2.05) is 20.8 Å². The van der Waals surface area contributed by atoms with E-state index in [9.17, 15) is 10.1 Å². The summed E-state index contributed by atoms with van der Waals surface area (Å²) in [7, 11) is 0. The van der Waals surface area contributed by atoms with Crippen LogP contribution >= 0.6 is 0 Å². The average molecular weight is 237 g/mol. The molecule has 0 radical (unpaired) electrons. The Labute approximate surface area is 101 Å². The molecule has 0 aliphatic rings. The predicted molar refractivity (Wildman–Crippen MR) is 68.2 cm³/mol. The molecule has 0 fully saturated rings. The second-order valence-electron chi connectivity index (χ2n) is 4.84. The number of nitrogens with zero attached hydrogens (tertiary/aromatic N) is 2. The van der Waals surface area contributed by atoms with E-state index in [2.05, 4.69) is 17.2 Å². The molecule has 1 N–H and O–H groups in total. The lowest BCUT2D eigenvalue weighted by Gasteiger charge is -2.26. The van der Waals surface area contributed by atoms with Gasteiger partial charge in [0.2, 0.25) is 5.82 Å². The molecule has 5 heteroatoms. The number of aromatic nitrogens is 1. The van der Waals surface area contributed by atoms with E-state index >= 15 is 0 Å². The van der Waals surface area contributed by atoms with Gasteiger partial charge in [-0.2, -0.15) is 0 Å². The van der Waals surface area contributed by atoms with Gasteiger partial charge in [-0.3, -0.25) is 10.1 Å². The molecule has 1 aromatic rings. The van der Waals surface area contributed by atoms with Crippen molar-refractivity contribution in [3.63, 3.8) is 0 Å². The number of nitrogens with one attached hydrogen (secondary N) is 1. The Bertz CT molecular complexity index is 416. The molecule has 0 unspecified atom stereocenters. The number of rotatable bonds is 5. The maximum absolute atomic E-state index is 10.9. The second-order valence-corrected chi connectivity index (χ2v) is 4.84. The van der Waals surface area contributed by atoms with Gasteiger partial charge in [-0.25, -0.2) is 4.98 Å². The van der Waals surface area contributed by atoms with Crippen molar-refractivity contribution < 1.29 is 4.92 Å². The van der Waals surface area contributed by atoms with Gasteiger partial charge in [0.1, 0.15) is 0 Å². The number of hydrogen-bond donors (Lipinski definition) is 1. The monoisotopic (exact) mass is 237 g/mol. The van der Waals surface area contributed by atoms with E-state index in [4.69, 9.17) is 0 Å². The highest BCUT2D eigenvalue weighted by Crippen LogP contribution is 2.26. The average Bonchev–Trinajstić information content (AvgIpc) is 2.15. The molecule has 94 valence electrons. The maximum Gasteiger partial charge on any atom is 0.311 e. The Hall–Kier alpha value is -1.65. The van der Waals surface area contributed by atoms with Gasteiger partial charge in [0.25, 0.3) is 0 Å². The smallest absolute Gasteiger partial charge is 0.311 e. The van der Waals surface area contributed by atoms with E-state index in [0.29, 0.717) is 5.82 Å². The Balaban J connectivity index is 3.04. The predicted octanol–water partition coefficient (Wildman–Crippen LogP) is 3.29. The summed E-state index contributed by atoms with van der Waals surface area (Å²) in [6.07, 6.45) is 1.94. The van der Waals surface area contributed by atoms with Crippen molar-refractivity contribution in [3.8, 4) is 0 Å². The molecule has 1 heterocycles. The molecular formula is C12H19N3O2. The van der Waals surface area contributed by atoms with Crippen LogP contribution in [0.5, 0.6) is 0 Å². The van der Waals surface area contributed by atoms with Gasteiger partial charge in [-0.15, -0.1) is 0 Å². The second kappa shape index (κ2) is 5.12. The summed E-state index contributed by atoms with van der Waals surface area (Å²) in [5.74, 6) is 0.355. The fourth-order valence-electron chi connectivity index (χ4n) is 1.80. The van der Waals surface area contributed by atoms with E-state index < -0.39 is 4.92 Å². The van der Waals surface area contributed by atoms with Gasteiger partial charge < -0.3 is 5.32 Å². The van der Waals surface area contributed by atoms with Crippen LogP contribution < -0.4 is 5.32 Å². The molecule has 0 aromatic carbocycles. The normalized spacial score (nSPS) is 11.3. The summed E-state index contributed by atoms with van der Waals surface area (Å²) in [5, 5.41) is 14.1. The van der Waals surface area contributed by atoms with Crippen LogP contribution in [-0.2, 0) is 0 Å². The Morgan fingerprint density at radius 3 is 2.65 bits per heavy atom. The number of anilines is 1. The number of pyridine rings is 1. The van der Waals surface area contributed by atoms with Gasteiger partial charge in [0, 0.05) is 17.3 Å². The van der Waals surface area contributed by atoms with Crippen LogP contribution in [0.4, 0.5) is 11.5 Å². The van der Waals surface area contributed by atoms with Crippen LogP contribution in [0.2, 0.25) is 0 Å². The first kappa shape index (κ1) is 13.4. The molecule has 0 saturated carbocycles. The number of hydrogen-bond acceptors (Lipinski definition) is 4. The lowest BCUT2D eigenvalue weighted by molar-refractivity contribution is -0.384. The molecule has 1 rings (SSSR count). The summed E-state index contributed by atoms with van der Waals surface area (Å²) in [6, 6.07) is 3.14. The molecule has 0 aliphatic heterocycles. The first-order chi connectivity index (χ1) is 7.85. The first-order valence-corrected chi connectivity index (χ1v) is 5.76. The van der Waals surface area contributed by atoms with Crippen molar-refractivity contribution in [1.82, 2.24) is 4.98 Å². The maximum atomic E-state index is 10.9. The topological polar surface area (TPSA) is 68.1 Å².